The fraction of sp³-hybridized carbons (Fsp3) is 0.923. The summed E-state index contributed by atoms with van der Waals surface area (Å²) in [6.45, 7) is 13.4. The van der Waals surface area contributed by atoms with Gasteiger partial charge in [0.25, 0.3) is 0 Å². The van der Waals surface area contributed by atoms with Crippen molar-refractivity contribution in [2.45, 2.75) is 26.9 Å². The van der Waals surface area contributed by atoms with Crippen molar-refractivity contribution >= 4 is 17.2 Å². The molecule has 18 heavy (non-hydrogen) atoms. The summed E-state index contributed by atoms with van der Waals surface area (Å²) < 4.78 is 5.84. The molecule has 1 aliphatic heterocycles. The minimum atomic E-state index is 0.269. The van der Waals surface area contributed by atoms with E-state index in [1.165, 1.54) is 0 Å². The monoisotopic (exact) mass is 273 g/mol. The zero-order chi connectivity index (χ0) is 13.5. The minimum Gasteiger partial charge on any atom is -0.393 e. The molecule has 5 heteroatoms. The van der Waals surface area contributed by atoms with Crippen LogP contribution in [0.4, 0.5) is 0 Å². The first-order valence-corrected chi connectivity index (χ1v) is 7.33. The van der Waals surface area contributed by atoms with E-state index in [2.05, 4.69) is 30.6 Å². The van der Waals surface area contributed by atoms with Crippen molar-refractivity contribution in [3.05, 3.63) is 0 Å². The number of hydrogen-bond acceptors (Lipinski definition) is 4. The van der Waals surface area contributed by atoms with Gasteiger partial charge in [-0.3, -0.25) is 4.90 Å². The molecular formula is C13H27N3OS. The van der Waals surface area contributed by atoms with E-state index in [1.807, 2.05) is 0 Å². The van der Waals surface area contributed by atoms with Crippen LogP contribution in [0.15, 0.2) is 0 Å². The highest BCUT2D eigenvalue weighted by Crippen LogP contribution is 2.08. The minimum absolute atomic E-state index is 0.269. The Bertz CT molecular complexity index is 263. The molecule has 2 unspecified atom stereocenters. The van der Waals surface area contributed by atoms with E-state index in [-0.39, 0.29) is 5.92 Å². The molecule has 0 amide bonds. The Morgan fingerprint density at radius 1 is 1.56 bits per heavy atom. The van der Waals surface area contributed by atoms with Crippen LogP contribution in [0.25, 0.3) is 0 Å². The SMILES string of the molecule is CCN1CCOC(CN(CC)CC(C)C(N)=S)C1. The summed E-state index contributed by atoms with van der Waals surface area (Å²) in [4.78, 5) is 5.43. The van der Waals surface area contributed by atoms with Crippen molar-refractivity contribution in [2.24, 2.45) is 11.7 Å². The molecule has 0 aliphatic carbocycles. The second-order valence-electron chi connectivity index (χ2n) is 5.04. The molecule has 0 bridgehead atoms. The third-order valence-corrected chi connectivity index (χ3v) is 4.00. The van der Waals surface area contributed by atoms with Gasteiger partial charge in [0, 0.05) is 32.1 Å². The highest BCUT2D eigenvalue weighted by molar-refractivity contribution is 7.80. The van der Waals surface area contributed by atoms with Gasteiger partial charge in [-0.2, -0.15) is 0 Å². The average Bonchev–Trinajstić information content (AvgIpc) is 2.37. The normalized spacial score (nSPS) is 23.2. The van der Waals surface area contributed by atoms with E-state index in [0.717, 1.165) is 45.9 Å². The molecule has 106 valence electrons. The highest BCUT2D eigenvalue weighted by Gasteiger charge is 2.22. The van der Waals surface area contributed by atoms with Crippen LogP contribution in [0.1, 0.15) is 20.8 Å². The summed E-state index contributed by atoms with van der Waals surface area (Å²) in [5.41, 5.74) is 5.68. The summed E-state index contributed by atoms with van der Waals surface area (Å²) >= 11 is 5.04. The third-order valence-electron chi connectivity index (χ3n) is 3.60. The van der Waals surface area contributed by atoms with Gasteiger partial charge in [0.05, 0.1) is 17.7 Å². The fourth-order valence-corrected chi connectivity index (χ4v) is 2.35. The van der Waals surface area contributed by atoms with Crippen LogP contribution in [0.5, 0.6) is 0 Å². The number of morpholine rings is 1. The molecule has 4 nitrogen and oxygen atoms in total. The van der Waals surface area contributed by atoms with Gasteiger partial charge < -0.3 is 15.4 Å². The van der Waals surface area contributed by atoms with Crippen molar-refractivity contribution in [1.82, 2.24) is 9.80 Å². The molecule has 0 spiro atoms. The first kappa shape index (κ1) is 15.8. The van der Waals surface area contributed by atoms with Crippen molar-refractivity contribution in [1.29, 1.82) is 0 Å². The fourth-order valence-electron chi connectivity index (χ4n) is 2.28. The Hall–Kier alpha value is -0.230. The van der Waals surface area contributed by atoms with Gasteiger partial charge in [0.15, 0.2) is 0 Å². The first-order chi connectivity index (χ1) is 8.56. The van der Waals surface area contributed by atoms with E-state index >= 15 is 0 Å². The zero-order valence-electron chi connectivity index (χ0n) is 11.9. The van der Waals surface area contributed by atoms with Gasteiger partial charge in [-0.1, -0.05) is 33.0 Å². The predicted octanol–water partition coefficient (Wildman–Crippen LogP) is 0.951. The van der Waals surface area contributed by atoms with Gasteiger partial charge in [-0.05, 0) is 13.1 Å². The molecule has 0 aromatic rings. The average molecular weight is 273 g/mol. The number of hydrogen-bond donors (Lipinski definition) is 1. The van der Waals surface area contributed by atoms with Crippen LogP contribution in [0.2, 0.25) is 0 Å². The quantitative estimate of drug-likeness (QED) is 0.700. The van der Waals surface area contributed by atoms with E-state index in [9.17, 15) is 0 Å². The highest BCUT2D eigenvalue weighted by atomic mass is 32.1. The molecule has 1 fully saturated rings. The molecule has 0 radical (unpaired) electrons. The lowest BCUT2D eigenvalue weighted by Gasteiger charge is -2.35. The summed E-state index contributed by atoms with van der Waals surface area (Å²) in [7, 11) is 0. The number of nitrogens with zero attached hydrogens (tertiary/aromatic N) is 2. The Morgan fingerprint density at radius 3 is 2.83 bits per heavy atom. The third kappa shape index (κ3) is 5.18. The molecule has 0 saturated carbocycles. The molecule has 1 saturated heterocycles. The summed E-state index contributed by atoms with van der Waals surface area (Å²) in [5, 5.41) is 0. The van der Waals surface area contributed by atoms with Crippen LogP contribution in [-0.2, 0) is 4.74 Å². The number of nitrogens with two attached hydrogens (primary N) is 1. The lowest BCUT2D eigenvalue weighted by atomic mass is 10.1. The number of rotatable bonds is 7. The molecular weight excluding hydrogens is 246 g/mol. The van der Waals surface area contributed by atoms with Crippen molar-refractivity contribution in [3.8, 4) is 0 Å². The lowest BCUT2D eigenvalue weighted by Crippen LogP contribution is -2.48. The Balaban J connectivity index is 2.39. The smallest absolute Gasteiger partial charge is 0.0829 e. The standard InChI is InChI=1S/C13H27N3OS/c1-4-15-6-7-17-12(9-15)10-16(5-2)8-11(3)13(14)18/h11-12H,4-10H2,1-3H3,(H2,14,18). The van der Waals surface area contributed by atoms with E-state index in [4.69, 9.17) is 22.7 Å². The maximum atomic E-state index is 5.84. The van der Waals surface area contributed by atoms with Gasteiger partial charge >= 0.3 is 0 Å². The molecule has 1 rings (SSSR count). The topological polar surface area (TPSA) is 41.7 Å². The van der Waals surface area contributed by atoms with Crippen molar-refractivity contribution in [2.75, 3.05) is 45.9 Å². The Kier molecular flexibility index (Phi) is 7.07. The largest absolute Gasteiger partial charge is 0.393 e. The van der Waals surface area contributed by atoms with Gasteiger partial charge in [-0.15, -0.1) is 0 Å². The number of ether oxygens (including phenoxy) is 1. The lowest BCUT2D eigenvalue weighted by molar-refractivity contribution is -0.0418. The second kappa shape index (κ2) is 8.04. The maximum Gasteiger partial charge on any atom is 0.0829 e. The molecule has 1 heterocycles. The molecule has 1 aliphatic rings. The summed E-state index contributed by atoms with van der Waals surface area (Å²) in [5.74, 6) is 0.269. The maximum absolute atomic E-state index is 5.84. The molecule has 2 N–H and O–H groups in total. The van der Waals surface area contributed by atoms with Crippen LogP contribution in [0.3, 0.4) is 0 Å². The van der Waals surface area contributed by atoms with Crippen molar-refractivity contribution < 1.29 is 4.74 Å². The number of likely N-dealkylation sites (N-methyl/N-ethyl adjacent to an activating group) is 2. The zero-order valence-corrected chi connectivity index (χ0v) is 12.7. The second-order valence-corrected chi connectivity index (χ2v) is 5.51. The summed E-state index contributed by atoms with van der Waals surface area (Å²) in [6.07, 6.45) is 0.317. The van der Waals surface area contributed by atoms with Gasteiger partial charge in [0.2, 0.25) is 0 Å². The predicted molar refractivity (Wildman–Crippen MR) is 79.9 cm³/mol. The van der Waals surface area contributed by atoms with E-state index in [1.54, 1.807) is 0 Å². The van der Waals surface area contributed by atoms with Crippen LogP contribution >= 0.6 is 12.2 Å². The van der Waals surface area contributed by atoms with E-state index < -0.39 is 0 Å². The Labute approximate surface area is 116 Å². The molecule has 0 aromatic carbocycles. The summed E-state index contributed by atoms with van der Waals surface area (Å²) in [6, 6.07) is 0. The molecule has 0 aromatic heterocycles. The van der Waals surface area contributed by atoms with Crippen LogP contribution < -0.4 is 5.73 Å². The van der Waals surface area contributed by atoms with Crippen LogP contribution in [0, 0.1) is 5.92 Å². The van der Waals surface area contributed by atoms with E-state index in [0.29, 0.717) is 11.1 Å². The molecule has 2 atom stereocenters. The van der Waals surface area contributed by atoms with Gasteiger partial charge in [-0.25, -0.2) is 0 Å². The van der Waals surface area contributed by atoms with Crippen molar-refractivity contribution in [3.63, 3.8) is 0 Å². The Morgan fingerprint density at radius 2 is 2.28 bits per heavy atom. The van der Waals surface area contributed by atoms with Crippen LogP contribution in [-0.4, -0.2) is 66.8 Å². The van der Waals surface area contributed by atoms with Gasteiger partial charge in [0.1, 0.15) is 0 Å². The number of thiocarbonyl (C=S) groups is 1. The first-order valence-electron chi connectivity index (χ1n) is 6.92.